The Labute approximate surface area is 129 Å². The Bertz CT molecular complexity index is 761. The summed E-state index contributed by atoms with van der Waals surface area (Å²) in [6, 6.07) is 19.9. The first-order chi connectivity index (χ1) is 10.8. The highest BCUT2D eigenvalue weighted by atomic mass is 16.5. The molecule has 0 aliphatic heterocycles. The molecule has 1 heterocycles. The molecule has 110 valence electrons. The van der Waals surface area contributed by atoms with Crippen molar-refractivity contribution in [3.8, 4) is 22.3 Å². The minimum absolute atomic E-state index is 0.330. The van der Waals surface area contributed by atoms with Crippen LogP contribution < -0.4 is 0 Å². The highest BCUT2D eigenvalue weighted by Gasteiger charge is 2.20. The van der Waals surface area contributed by atoms with E-state index in [-0.39, 0.29) is 5.97 Å². The predicted octanol–water partition coefficient (Wildman–Crippen LogP) is 4.53. The topological polar surface area (TPSA) is 42.1 Å². The van der Waals surface area contributed by atoms with Gasteiger partial charge in [0.2, 0.25) is 0 Å². The molecule has 1 N–H and O–H groups in total. The highest BCUT2D eigenvalue weighted by molar-refractivity contribution is 6.01. The molecule has 0 fully saturated rings. The average molecular weight is 291 g/mol. The summed E-state index contributed by atoms with van der Waals surface area (Å²) in [7, 11) is 0. The Hall–Kier alpha value is -2.81. The first-order valence-corrected chi connectivity index (χ1v) is 7.30. The summed E-state index contributed by atoms with van der Waals surface area (Å²) < 4.78 is 5.17. The maximum Gasteiger partial charge on any atom is 0.355 e. The predicted molar refractivity (Wildman–Crippen MR) is 87.6 cm³/mol. The molecule has 3 heteroatoms. The van der Waals surface area contributed by atoms with Crippen molar-refractivity contribution in [3.05, 3.63) is 72.6 Å². The SMILES string of the molecule is CCOC(=O)c1[nH]cc(-c2ccccc2)c1-c1ccccc1. The Morgan fingerprint density at radius 1 is 0.955 bits per heavy atom. The van der Waals surface area contributed by atoms with E-state index in [1.807, 2.05) is 66.9 Å². The first kappa shape index (κ1) is 14.1. The van der Waals surface area contributed by atoms with Crippen LogP contribution in [-0.4, -0.2) is 17.6 Å². The highest BCUT2D eigenvalue weighted by Crippen LogP contribution is 2.35. The van der Waals surface area contributed by atoms with Crippen molar-refractivity contribution in [1.82, 2.24) is 4.98 Å². The number of nitrogens with one attached hydrogen (secondary N) is 1. The van der Waals surface area contributed by atoms with E-state index in [2.05, 4.69) is 4.98 Å². The van der Waals surface area contributed by atoms with Gasteiger partial charge in [-0.05, 0) is 18.1 Å². The van der Waals surface area contributed by atoms with Crippen LogP contribution >= 0.6 is 0 Å². The number of hydrogen-bond acceptors (Lipinski definition) is 2. The van der Waals surface area contributed by atoms with Gasteiger partial charge in [0.25, 0.3) is 0 Å². The van der Waals surface area contributed by atoms with Crippen LogP contribution in [0.25, 0.3) is 22.3 Å². The summed E-state index contributed by atoms with van der Waals surface area (Å²) in [5.41, 5.74) is 4.42. The van der Waals surface area contributed by atoms with Crippen molar-refractivity contribution in [3.63, 3.8) is 0 Å². The Morgan fingerprint density at radius 3 is 2.14 bits per heavy atom. The number of esters is 1. The maximum absolute atomic E-state index is 12.2. The molecular formula is C19H17NO2. The Morgan fingerprint density at radius 2 is 1.55 bits per heavy atom. The fourth-order valence-corrected chi connectivity index (χ4v) is 2.54. The molecule has 3 rings (SSSR count). The second kappa shape index (κ2) is 6.31. The van der Waals surface area contributed by atoms with E-state index >= 15 is 0 Å². The molecule has 0 unspecified atom stereocenters. The van der Waals surface area contributed by atoms with Gasteiger partial charge in [-0.2, -0.15) is 0 Å². The van der Waals surface area contributed by atoms with E-state index < -0.39 is 0 Å². The number of H-pyrrole nitrogens is 1. The molecule has 0 aliphatic carbocycles. The monoisotopic (exact) mass is 291 g/mol. The Balaban J connectivity index is 2.18. The number of hydrogen-bond donors (Lipinski definition) is 1. The van der Waals surface area contributed by atoms with Crippen molar-refractivity contribution >= 4 is 5.97 Å². The molecule has 0 saturated carbocycles. The van der Waals surface area contributed by atoms with Gasteiger partial charge in [-0.3, -0.25) is 0 Å². The molecule has 22 heavy (non-hydrogen) atoms. The molecule has 3 nitrogen and oxygen atoms in total. The molecule has 2 aromatic carbocycles. The standard InChI is InChI=1S/C19H17NO2/c1-2-22-19(21)18-17(15-11-7-4-8-12-15)16(13-20-18)14-9-5-3-6-10-14/h3-13,20H,2H2,1H3. The largest absolute Gasteiger partial charge is 0.461 e. The van der Waals surface area contributed by atoms with E-state index in [4.69, 9.17) is 4.74 Å². The van der Waals surface area contributed by atoms with Crippen LogP contribution in [0.15, 0.2) is 66.9 Å². The number of ether oxygens (including phenoxy) is 1. The van der Waals surface area contributed by atoms with E-state index in [1.54, 1.807) is 6.92 Å². The van der Waals surface area contributed by atoms with Crippen LogP contribution in [-0.2, 0) is 4.74 Å². The van der Waals surface area contributed by atoms with Crippen LogP contribution in [0.5, 0.6) is 0 Å². The lowest BCUT2D eigenvalue weighted by atomic mass is 9.97. The van der Waals surface area contributed by atoms with Crippen LogP contribution in [0, 0.1) is 0 Å². The molecule has 3 aromatic rings. The fraction of sp³-hybridized carbons (Fsp3) is 0.105. The van der Waals surface area contributed by atoms with Crippen molar-refractivity contribution in [1.29, 1.82) is 0 Å². The fourth-order valence-electron chi connectivity index (χ4n) is 2.54. The van der Waals surface area contributed by atoms with Crippen molar-refractivity contribution in [2.75, 3.05) is 6.61 Å². The Kier molecular flexibility index (Phi) is 4.05. The molecule has 0 spiro atoms. The van der Waals surface area contributed by atoms with Gasteiger partial charge in [0, 0.05) is 17.3 Å². The normalized spacial score (nSPS) is 10.4. The van der Waals surface area contributed by atoms with Gasteiger partial charge in [-0.25, -0.2) is 4.79 Å². The number of aromatic nitrogens is 1. The van der Waals surface area contributed by atoms with Gasteiger partial charge in [0.05, 0.1) is 6.61 Å². The quantitative estimate of drug-likeness (QED) is 0.718. The van der Waals surface area contributed by atoms with E-state index in [1.165, 1.54) is 0 Å². The zero-order valence-corrected chi connectivity index (χ0v) is 12.4. The number of benzene rings is 2. The van der Waals surface area contributed by atoms with Gasteiger partial charge in [0.15, 0.2) is 0 Å². The minimum atomic E-state index is -0.330. The van der Waals surface area contributed by atoms with Gasteiger partial charge < -0.3 is 9.72 Å². The van der Waals surface area contributed by atoms with Crippen LogP contribution in [0.3, 0.4) is 0 Å². The molecule has 0 amide bonds. The van der Waals surface area contributed by atoms with E-state index in [9.17, 15) is 4.79 Å². The molecule has 0 saturated heterocycles. The number of aromatic amines is 1. The second-order valence-electron chi connectivity index (χ2n) is 4.90. The van der Waals surface area contributed by atoms with Crippen LogP contribution in [0.2, 0.25) is 0 Å². The van der Waals surface area contributed by atoms with Crippen LogP contribution in [0.1, 0.15) is 17.4 Å². The third kappa shape index (κ3) is 2.66. The first-order valence-electron chi connectivity index (χ1n) is 7.30. The average Bonchev–Trinajstić information content (AvgIpc) is 3.02. The molecule has 1 aromatic heterocycles. The summed E-state index contributed by atoms with van der Waals surface area (Å²) in [6.07, 6.45) is 1.86. The smallest absolute Gasteiger partial charge is 0.355 e. The minimum Gasteiger partial charge on any atom is -0.461 e. The molecule has 0 radical (unpaired) electrons. The summed E-state index contributed by atoms with van der Waals surface area (Å²) in [6.45, 7) is 2.16. The maximum atomic E-state index is 12.2. The third-order valence-corrected chi connectivity index (χ3v) is 3.51. The van der Waals surface area contributed by atoms with E-state index in [0.29, 0.717) is 12.3 Å². The lowest BCUT2D eigenvalue weighted by Gasteiger charge is -2.08. The van der Waals surface area contributed by atoms with Gasteiger partial charge in [-0.1, -0.05) is 60.7 Å². The lowest BCUT2D eigenvalue weighted by Crippen LogP contribution is -2.06. The zero-order valence-electron chi connectivity index (χ0n) is 12.4. The molecular weight excluding hydrogens is 274 g/mol. The van der Waals surface area contributed by atoms with Crippen molar-refractivity contribution < 1.29 is 9.53 Å². The summed E-state index contributed by atoms with van der Waals surface area (Å²) >= 11 is 0. The molecule has 0 bridgehead atoms. The molecule has 0 atom stereocenters. The van der Waals surface area contributed by atoms with Gasteiger partial charge >= 0.3 is 5.97 Å². The van der Waals surface area contributed by atoms with Crippen LogP contribution in [0.4, 0.5) is 0 Å². The lowest BCUT2D eigenvalue weighted by molar-refractivity contribution is 0.0521. The summed E-state index contributed by atoms with van der Waals surface area (Å²) in [5.74, 6) is -0.330. The number of carbonyl (C=O) groups is 1. The number of carbonyl (C=O) groups excluding carboxylic acids is 1. The molecule has 0 aliphatic rings. The second-order valence-corrected chi connectivity index (χ2v) is 4.90. The number of rotatable bonds is 4. The van der Waals surface area contributed by atoms with Crippen molar-refractivity contribution in [2.24, 2.45) is 0 Å². The van der Waals surface area contributed by atoms with E-state index in [0.717, 1.165) is 22.3 Å². The van der Waals surface area contributed by atoms with Gasteiger partial charge in [-0.15, -0.1) is 0 Å². The van der Waals surface area contributed by atoms with Gasteiger partial charge in [0.1, 0.15) is 5.69 Å². The van der Waals surface area contributed by atoms with Crippen molar-refractivity contribution in [2.45, 2.75) is 6.92 Å². The third-order valence-electron chi connectivity index (χ3n) is 3.51. The summed E-state index contributed by atoms with van der Waals surface area (Å²) in [4.78, 5) is 15.3. The summed E-state index contributed by atoms with van der Waals surface area (Å²) in [5, 5.41) is 0. The zero-order chi connectivity index (χ0) is 15.4.